The summed E-state index contributed by atoms with van der Waals surface area (Å²) in [4.78, 5) is 72.8. The van der Waals surface area contributed by atoms with E-state index in [1.165, 1.54) is 148 Å². The first-order valence-electron chi connectivity index (χ1n) is 38.8. The Morgan fingerprint density at radius 3 is 0.854 bits per heavy atom. The number of allylic oxidation sites excluding steroid dienone is 8. The minimum Gasteiger partial charge on any atom is -0.462 e. The van der Waals surface area contributed by atoms with Crippen molar-refractivity contribution in [1.82, 2.24) is 0 Å². The average molecular weight is 1400 g/mol. The Morgan fingerprint density at radius 1 is 0.323 bits per heavy atom. The van der Waals surface area contributed by atoms with E-state index < -0.39 is 97.5 Å². The first-order chi connectivity index (χ1) is 46.5. The quantitative estimate of drug-likeness (QED) is 0.0169. The monoisotopic (exact) mass is 1400 g/mol. The van der Waals surface area contributed by atoms with E-state index in [4.69, 9.17) is 37.0 Å². The number of hydrogen-bond donors (Lipinski definition) is 3. The molecular formula is C77H142O17P2. The number of phosphoric ester groups is 2. The lowest BCUT2D eigenvalue weighted by atomic mass is 10.0. The molecule has 0 spiro atoms. The highest BCUT2D eigenvalue weighted by atomic mass is 31.2. The highest BCUT2D eigenvalue weighted by Gasteiger charge is 2.30. The van der Waals surface area contributed by atoms with Crippen LogP contribution in [-0.4, -0.2) is 96.7 Å². The molecule has 0 aromatic rings. The topological polar surface area (TPSA) is 237 Å². The zero-order chi connectivity index (χ0) is 70.5. The van der Waals surface area contributed by atoms with E-state index in [0.29, 0.717) is 25.7 Å². The van der Waals surface area contributed by atoms with Crippen molar-refractivity contribution in [2.24, 2.45) is 5.92 Å². The lowest BCUT2D eigenvalue weighted by Crippen LogP contribution is -2.30. The molecule has 0 aliphatic heterocycles. The Labute approximate surface area is 585 Å². The number of aliphatic hydroxyl groups excluding tert-OH is 1. The third-order valence-corrected chi connectivity index (χ3v) is 18.7. The maximum atomic E-state index is 13.1. The molecule has 0 aromatic heterocycles. The molecule has 0 rings (SSSR count). The molecule has 0 fully saturated rings. The maximum Gasteiger partial charge on any atom is 0.472 e. The summed E-state index contributed by atoms with van der Waals surface area (Å²) >= 11 is 0. The predicted octanol–water partition coefficient (Wildman–Crippen LogP) is 22.0. The van der Waals surface area contributed by atoms with Gasteiger partial charge in [-0.15, -0.1) is 0 Å². The Kier molecular flexibility index (Phi) is 67.0. The maximum absolute atomic E-state index is 13.1. The van der Waals surface area contributed by atoms with Crippen LogP contribution in [0.2, 0.25) is 0 Å². The highest BCUT2D eigenvalue weighted by Crippen LogP contribution is 2.45. The van der Waals surface area contributed by atoms with Crippen LogP contribution in [0.5, 0.6) is 0 Å². The number of carbonyl (C=O) groups excluding carboxylic acids is 4. The molecule has 19 heteroatoms. The molecule has 0 radical (unpaired) electrons. The third kappa shape index (κ3) is 69.5. The van der Waals surface area contributed by atoms with E-state index >= 15 is 0 Å². The van der Waals surface area contributed by atoms with Gasteiger partial charge in [0.25, 0.3) is 0 Å². The molecule has 0 saturated heterocycles. The molecule has 0 saturated carbocycles. The smallest absolute Gasteiger partial charge is 0.462 e. The number of rotatable bonds is 73. The summed E-state index contributed by atoms with van der Waals surface area (Å²) in [6.07, 6.45) is 63.9. The summed E-state index contributed by atoms with van der Waals surface area (Å²) in [5.41, 5.74) is 0. The molecule has 2 unspecified atom stereocenters. The molecular weight excluding hydrogens is 1260 g/mol. The summed E-state index contributed by atoms with van der Waals surface area (Å²) in [5, 5.41) is 10.6. The second-order valence-electron chi connectivity index (χ2n) is 26.8. The molecule has 0 amide bonds. The number of ether oxygens (including phenoxy) is 4. The van der Waals surface area contributed by atoms with Gasteiger partial charge in [-0.25, -0.2) is 9.13 Å². The molecule has 0 bridgehead atoms. The Bertz CT molecular complexity index is 2030. The van der Waals surface area contributed by atoms with E-state index in [9.17, 15) is 43.2 Å². The van der Waals surface area contributed by atoms with Crippen molar-refractivity contribution in [2.45, 2.75) is 374 Å². The van der Waals surface area contributed by atoms with Gasteiger partial charge in [0, 0.05) is 25.7 Å². The first kappa shape index (κ1) is 93.0. The van der Waals surface area contributed by atoms with E-state index in [1.54, 1.807) is 0 Å². The molecule has 5 atom stereocenters. The molecule has 0 aliphatic rings. The van der Waals surface area contributed by atoms with E-state index in [1.807, 2.05) is 0 Å². The highest BCUT2D eigenvalue weighted by molar-refractivity contribution is 7.47. The van der Waals surface area contributed by atoms with Gasteiger partial charge in [0.1, 0.15) is 19.3 Å². The Balaban J connectivity index is 5.34. The lowest BCUT2D eigenvalue weighted by Gasteiger charge is -2.21. The normalized spacial score (nSPS) is 14.3. The number of phosphoric acid groups is 2. The van der Waals surface area contributed by atoms with Gasteiger partial charge in [0.15, 0.2) is 12.2 Å². The number of carbonyl (C=O) groups is 4. The standard InChI is InChI=1S/C77H142O17P2/c1-6-9-12-15-18-21-24-27-29-31-36-41-46-51-56-61-75(80)88-67-72(93-76(81)62-57-52-47-42-37-32-30-28-25-22-19-16-13-10-7-2)68-91-95(83,84)89-64-71(78)65-90-96(85,86)92-69-73(66-87-74(79)60-55-50-45-40-35-26-23-20-17-14-11-8-3)94-77(82)63-58-53-48-43-38-33-34-39-44-49-54-59-70(4)5/h21-22,24-25,27-30,70-73,78H,6-20,23,26,31-69H2,1-5H3,(H,83,84)(H,85,86)/b24-21-,25-22-,29-27-,30-28-/t71-,72-,73-/m1/s1. The van der Waals surface area contributed by atoms with Crippen LogP contribution in [0.3, 0.4) is 0 Å². The molecule has 96 heavy (non-hydrogen) atoms. The molecule has 562 valence electrons. The fourth-order valence-corrected chi connectivity index (χ4v) is 12.4. The van der Waals surface area contributed by atoms with Crippen LogP contribution in [0.4, 0.5) is 0 Å². The SMILES string of the molecule is CCCCCC/C=C\C=C/CCCCCCCC(=O)OC[C@H](COP(=O)(O)OC[C@@H](O)COP(=O)(O)OC[C@@H](COC(=O)CCCCCCCCCCCCCC)OC(=O)CCCCCCCCCCCCCC(C)C)OC(=O)CCCCCCC/C=C\C=C/CCCCCC. The zero-order valence-corrected chi connectivity index (χ0v) is 63.3. The summed E-state index contributed by atoms with van der Waals surface area (Å²) in [7, 11) is -9.94. The second-order valence-corrected chi connectivity index (χ2v) is 29.8. The average Bonchev–Trinajstić information content (AvgIpc) is 1.28. The first-order valence-corrected chi connectivity index (χ1v) is 41.8. The molecule has 17 nitrogen and oxygen atoms in total. The summed E-state index contributed by atoms with van der Waals surface area (Å²) in [5.74, 6) is -1.41. The van der Waals surface area contributed by atoms with Crippen molar-refractivity contribution in [2.75, 3.05) is 39.6 Å². The number of unbranched alkanes of at least 4 members (excludes halogenated alkanes) is 39. The van der Waals surface area contributed by atoms with Gasteiger partial charge in [-0.2, -0.15) is 0 Å². The van der Waals surface area contributed by atoms with Crippen LogP contribution >= 0.6 is 15.6 Å². The van der Waals surface area contributed by atoms with E-state index in [2.05, 4.69) is 83.2 Å². The Hall–Kier alpha value is -2.98. The molecule has 0 heterocycles. The van der Waals surface area contributed by atoms with Crippen molar-refractivity contribution >= 4 is 39.5 Å². The second kappa shape index (κ2) is 69.1. The van der Waals surface area contributed by atoms with Crippen molar-refractivity contribution in [3.63, 3.8) is 0 Å². The number of hydrogen-bond acceptors (Lipinski definition) is 15. The molecule has 3 N–H and O–H groups in total. The van der Waals surface area contributed by atoms with Crippen LogP contribution in [0.1, 0.15) is 356 Å². The van der Waals surface area contributed by atoms with Crippen LogP contribution < -0.4 is 0 Å². The van der Waals surface area contributed by atoms with E-state index in [0.717, 1.165) is 128 Å². The summed E-state index contributed by atoms with van der Waals surface area (Å²) < 4.78 is 68.5. The minimum absolute atomic E-state index is 0.0783. The van der Waals surface area contributed by atoms with Crippen LogP contribution in [0.25, 0.3) is 0 Å². The van der Waals surface area contributed by atoms with Gasteiger partial charge >= 0.3 is 39.5 Å². The largest absolute Gasteiger partial charge is 0.472 e. The number of aliphatic hydroxyl groups is 1. The zero-order valence-electron chi connectivity index (χ0n) is 61.5. The van der Waals surface area contributed by atoms with Gasteiger partial charge in [-0.1, -0.05) is 302 Å². The Morgan fingerprint density at radius 2 is 0.562 bits per heavy atom. The summed E-state index contributed by atoms with van der Waals surface area (Å²) in [6.45, 7) is 7.16. The van der Waals surface area contributed by atoms with Crippen LogP contribution in [0.15, 0.2) is 48.6 Å². The van der Waals surface area contributed by atoms with Crippen molar-refractivity contribution < 1.29 is 80.2 Å². The molecule has 0 aliphatic carbocycles. The predicted molar refractivity (Wildman–Crippen MR) is 390 cm³/mol. The number of esters is 4. The van der Waals surface area contributed by atoms with Gasteiger partial charge in [0.05, 0.1) is 26.4 Å². The third-order valence-electron chi connectivity index (χ3n) is 16.8. The lowest BCUT2D eigenvalue weighted by molar-refractivity contribution is -0.161. The van der Waals surface area contributed by atoms with Crippen molar-refractivity contribution in [1.29, 1.82) is 0 Å². The fraction of sp³-hybridized carbons (Fsp3) is 0.844. The molecule has 0 aromatic carbocycles. The van der Waals surface area contributed by atoms with E-state index in [-0.39, 0.29) is 25.7 Å². The minimum atomic E-state index is -4.97. The van der Waals surface area contributed by atoms with Crippen LogP contribution in [0, 0.1) is 5.92 Å². The van der Waals surface area contributed by atoms with Gasteiger partial charge in [0.2, 0.25) is 0 Å². The van der Waals surface area contributed by atoms with Crippen molar-refractivity contribution in [3.05, 3.63) is 48.6 Å². The van der Waals surface area contributed by atoms with Crippen LogP contribution in [-0.2, 0) is 65.4 Å². The fourth-order valence-electron chi connectivity index (χ4n) is 10.8. The summed E-state index contributed by atoms with van der Waals surface area (Å²) in [6, 6.07) is 0. The van der Waals surface area contributed by atoms with Gasteiger partial charge in [-0.3, -0.25) is 37.3 Å². The van der Waals surface area contributed by atoms with Gasteiger partial charge in [-0.05, 0) is 83.0 Å². The van der Waals surface area contributed by atoms with Crippen molar-refractivity contribution in [3.8, 4) is 0 Å². The van der Waals surface area contributed by atoms with Gasteiger partial charge < -0.3 is 33.8 Å².